The molecular formula is C10H19NO4. The number of amides is 1. The second-order valence-corrected chi connectivity index (χ2v) is 3.88. The largest absolute Gasteiger partial charge is 0.480 e. The number of unbranched alkanes of at least 4 members (excludes halogenated alkanes) is 1. The van der Waals surface area contributed by atoms with Crippen molar-refractivity contribution < 1.29 is 19.4 Å². The SMILES string of the molecule is CCCCOCC(=O)NC(C)(C)C(=O)O. The number of aliphatic carboxylic acids is 1. The first kappa shape index (κ1) is 13.9. The van der Waals surface area contributed by atoms with Crippen molar-refractivity contribution in [2.75, 3.05) is 13.2 Å². The standard InChI is InChI=1S/C10H19NO4/c1-4-5-6-15-7-8(12)11-10(2,3)9(13)14/h4-7H2,1-3H3,(H,11,12)(H,13,14). The van der Waals surface area contributed by atoms with Crippen molar-refractivity contribution in [2.24, 2.45) is 0 Å². The third-order valence-corrected chi connectivity index (χ3v) is 1.86. The van der Waals surface area contributed by atoms with E-state index in [-0.39, 0.29) is 6.61 Å². The van der Waals surface area contributed by atoms with Gasteiger partial charge in [-0.3, -0.25) is 4.79 Å². The maximum Gasteiger partial charge on any atom is 0.328 e. The van der Waals surface area contributed by atoms with Gasteiger partial charge in [-0.25, -0.2) is 4.79 Å². The molecule has 0 heterocycles. The van der Waals surface area contributed by atoms with Gasteiger partial charge in [0, 0.05) is 6.61 Å². The van der Waals surface area contributed by atoms with E-state index in [1.165, 1.54) is 13.8 Å². The first-order valence-corrected chi connectivity index (χ1v) is 5.02. The fourth-order valence-electron chi connectivity index (χ4n) is 0.849. The maximum atomic E-state index is 11.2. The highest BCUT2D eigenvalue weighted by atomic mass is 16.5. The maximum absolute atomic E-state index is 11.2. The zero-order chi connectivity index (χ0) is 11.9. The molecule has 1 amide bonds. The summed E-state index contributed by atoms with van der Waals surface area (Å²) in [5.41, 5.74) is -1.24. The molecule has 0 aliphatic heterocycles. The van der Waals surface area contributed by atoms with Crippen molar-refractivity contribution in [1.82, 2.24) is 5.32 Å². The minimum Gasteiger partial charge on any atom is -0.480 e. The number of hydrogen-bond acceptors (Lipinski definition) is 3. The van der Waals surface area contributed by atoms with Crippen LogP contribution < -0.4 is 5.32 Å². The van der Waals surface area contributed by atoms with E-state index in [9.17, 15) is 9.59 Å². The van der Waals surface area contributed by atoms with Gasteiger partial charge in [-0.05, 0) is 20.3 Å². The average molecular weight is 217 g/mol. The van der Waals surface area contributed by atoms with Gasteiger partial charge >= 0.3 is 5.97 Å². The topological polar surface area (TPSA) is 75.6 Å². The van der Waals surface area contributed by atoms with Gasteiger partial charge in [-0.1, -0.05) is 13.3 Å². The Morgan fingerprint density at radius 3 is 2.47 bits per heavy atom. The van der Waals surface area contributed by atoms with Crippen LogP contribution in [0.4, 0.5) is 0 Å². The third-order valence-electron chi connectivity index (χ3n) is 1.86. The summed E-state index contributed by atoms with van der Waals surface area (Å²) in [7, 11) is 0. The highest BCUT2D eigenvalue weighted by Gasteiger charge is 2.28. The predicted molar refractivity (Wildman–Crippen MR) is 55.6 cm³/mol. The lowest BCUT2D eigenvalue weighted by Crippen LogP contribution is -2.50. The van der Waals surface area contributed by atoms with Gasteiger partial charge in [0.1, 0.15) is 12.1 Å². The molecule has 0 saturated heterocycles. The molecule has 5 heteroatoms. The molecule has 0 atom stereocenters. The molecule has 0 bridgehead atoms. The smallest absolute Gasteiger partial charge is 0.328 e. The lowest BCUT2D eigenvalue weighted by atomic mass is 10.1. The van der Waals surface area contributed by atoms with Gasteiger partial charge < -0.3 is 15.2 Å². The van der Waals surface area contributed by atoms with E-state index in [0.717, 1.165) is 12.8 Å². The molecule has 0 fully saturated rings. The van der Waals surface area contributed by atoms with E-state index in [4.69, 9.17) is 9.84 Å². The lowest BCUT2D eigenvalue weighted by Gasteiger charge is -2.20. The lowest BCUT2D eigenvalue weighted by molar-refractivity contribution is -0.146. The summed E-state index contributed by atoms with van der Waals surface area (Å²) in [5, 5.41) is 11.1. The molecule has 0 aromatic carbocycles. The van der Waals surface area contributed by atoms with E-state index in [2.05, 4.69) is 5.32 Å². The Bertz CT molecular complexity index is 225. The number of nitrogens with one attached hydrogen (secondary N) is 1. The van der Waals surface area contributed by atoms with Gasteiger partial charge in [0.25, 0.3) is 0 Å². The Balaban J connectivity index is 3.79. The van der Waals surface area contributed by atoms with Gasteiger partial charge in [0.05, 0.1) is 0 Å². The molecule has 0 rings (SSSR count). The molecule has 0 aromatic heterocycles. The van der Waals surface area contributed by atoms with Crippen molar-refractivity contribution in [3.05, 3.63) is 0 Å². The third kappa shape index (κ3) is 6.06. The fourth-order valence-corrected chi connectivity index (χ4v) is 0.849. The Morgan fingerprint density at radius 2 is 2.00 bits per heavy atom. The summed E-state index contributed by atoms with van der Waals surface area (Å²) < 4.78 is 5.06. The fraction of sp³-hybridized carbons (Fsp3) is 0.800. The van der Waals surface area contributed by atoms with Crippen molar-refractivity contribution in [3.63, 3.8) is 0 Å². The van der Waals surface area contributed by atoms with Crippen LogP contribution in [-0.4, -0.2) is 35.7 Å². The van der Waals surface area contributed by atoms with Crippen molar-refractivity contribution in [3.8, 4) is 0 Å². The molecule has 5 nitrogen and oxygen atoms in total. The first-order valence-electron chi connectivity index (χ1n) is 5.02. The molecule has 0 aliphatic carbocycles. The number of ether oxygens (including phenoxy) is 1. The van der Waals surface area contributed by atoms with Crippen LogP contribution in [0.2, 0.25) is 0 Å². The van der Waals surface area contributed by atoms with Crippen LogP contribution in [0, 0.1) is 0 Å². The Morgan fingerprint density at radius 1 is 1.40 bits per heavy atom. The molecule has 0 aromatic rings. The number of hydrogen-bond donors (Lipinski definition) is 2. The summed E-state index contributed by atoms with van der Waals surface area (Å²) in [5.74, 6) is -1.47. The summed E-state index contributed by atoms with van der Waals surface area (Å²) in [6, 6.07) is 0. The Kier molecular flexibility index (Phi) is 5.93. The molecule has 0 spiro atoms. The minimum absolute atomic E-state index is 0.0866. The first-order chi connectivity index (χ1) is 6.90. The van der Waals surface area contributed by atoms with Crippen LogP contribution in [0.3, 0.4) is 0 Å². The van der Waals surface area contributed by atoms with Crippen molar-refractivity contribution in [2.45, 2.75) is 39.2 Å². The molecule has 0 aliphatic rings. The monoisotopic (exact) mass is 217 g/mol. The summed E-state index contributed by atoms with van der Waals surface area (Å²) >= 11 is 0. The number of carbonyl (C=O) groups excluding carboxylic acids is 1. The molecule has 0 saturated carbocycles. The van der Waals surface area contributed by atoms with Gasteiger partial charge in [0.2, 0.25) is 5.91 Å². The summed E-state index contributed by atoms with van der Waals surface area (Å²) in [6.45, 7) is 5.32. The summed E-state index contributed by atoms with van der Waals surface area (Å²) in [4.78, 5) is 21.9. The zero-order valence-corrected chi connectivity index (χ0v) is 9.50. The number of carboxylic acids is 1. The average Bonchev–Trinajstić information content (AvgIpc) is 2.11. The molecule has 88 valence electrons. The Labute approximate surface area is 89.8 Å². The number of carboxylic acid groups (broad SMARTS) is 1. The van der Waals surface area contributed by atoms with Gasteiger partial charge in [-0.15, -0.1) is 0 Å². The number of carbonyl (C=O) groups is 2. The van der Waals surface area contributed by atoms with Crippen LogP contribution in [0.5, 0.6) is 0 Å². The molecule has 2 N–H and O–H groups in total. The van der Waals surface area contributed by atoms with Crippen LogP contribution in [0.25, 0.3) is 0 Å². The van der Waals surface area contributed by atoms with Crippen LogP contribution in [0.15, 0.2) is 0 Å². The highest BCUT2D eigenvalue weighted by Crippen LogP contribution is 2.01. The van der Waals surface area contributed by atoms with E-state index in [0.29, 0.717) is 6.61 Å². The normalized spacial score (nSPS) is 11.1. The molecular weight excluding hydrogens is 198 g/mol. The highest BCUT2D eigenvalue weighted by molar-refractivity contribution is 5.86. The van der Waals surface area contributed by atoms with E-state index in [1.54, 1.807) is 0 Å². The zero-order valence-electron chi connectivity index (χ0n) is 9.50. The van der Waals surface area contributed by atoms with Gasteiger partial charge in [-0.2, -0.15) is 0 Å². The van der Waals surface area contributed by atoms with Crippen molar-refractivity contribution >= 4 is 11.9 Å². The molecule has 0 radical (unpaired) electrons. The molecule has 15 heavy (non-hydrogen) atoms. The van der Waals surface area contributed by atoms with E-state index in [1.807, 2.05) is 6.92 Å². The molecule has 0 unspecified atom stereocenters. The summed E-state index contributed by atoms with van der Waals surface area (Å²) in [6.07, 6.45) is 1.90. The van der Waals surface area contributed by atoms with Gasteiger partial charge in [0.15, 0.2) is 0 Å². The van der Waals surface area contributed by atoms with Crippen LogP contribution in [0.1, 0.15) is 33.6 Å². The van der Waals surface area contributed by atoms with Crippen LogP contribution in [-0.2, 0) is 14.3 Å². The minimum atomic E-state index is -1.24. The number of rotatable bonds is 7. The van der Waals surface area contributed by atoms with E-state index >= 15 is 0 Å². The Hall–Kier alpha value is -1.10. The van der Waals surface area contributed by atoms with Crippen LogP contribution >= 0.6 is 0 Å². The quantitative estimate of drug-likeness (QED) is 0.618. The van der Waals surface area contributed by atoms with E-state index < -0.39 is 17.4 Å². The second-order valence-electron chi connectivity index (χ2n) is 3.88. The predicted octanol–water partition coefficient (Wildman–Crippen LogP) is 0.782. The van der Waals surface area contributed by atoms with Crippen molar-refractivity contribution in [1.29, 1.82) is 0 Å². The second kappa shape index (κ2) is 6.40.